The number of hydrogen-bond donors (Lipinski definition) is 4. The average molecular weight is 275 g/mol. The fourth-order valence-corrected chi connectivity index (χ4v) is 1.41. The van der Waals surface area contributed by atoms with Gasteiger partial charge in [-0.05, 0) is 0 Å². The van der Waals surface area contributed by atoms with E-state index in [1.165, 1.54) is 25.6 Å². The van der Waals surface area contributed by atoms with Gasteiger partial charge < -0.3 is 26.7 Å². The summed E-state index contributed by atoms with van der Waals surface area (Å²) in [4.78, 5) is 11.5. The second-order valence-electron chi connectivity index (χ2n) is 3.72. The Morgan fingerprint density at radius 2 is 1.95 bits per heavy atom. The maximum absolute atomic E-state index is 7.49. The molecule has 0 unspecified atom stereocenters. The van der Waals surface area contributed by atoms with Gasteiger partial charge >= 0.3 is 0 Å². The highest BCUT2D eigenvalue weighted by Gasteiger charge is 2.13. The maximum Gasteiger partial charge on any atom is 0.222 e. The first-order valence-electron chi connectivity index (χ1n) is 5.45. The Morgan fingerprint density at radius 1 is 1.20 bits per heavy atom. The van der Waals surface area contributed by atoms with Crippen molar-refractivity contribution in [2.75, 3.05) is 18.6 Å². The molecule has 9 nitrogen and oxygen atoms in total. The third-order valence-electron chi connectivity index (χ3n) is 2.36. The molecule has 104 valence electrons. The van der Waals surface area contributed by atoms with E-state index in [1.807, 2.05) is 0 Å². The standard InChI is InChI=1S/C11H13N7O2/c1-19-8-2-6(5(3-16-8)9(12)13)20-7-4-17-11(15)18-10(7)14/h2-4H,1H3,(H3,12,13)(H4,14,15,17,18). The molecule has 0 aliphatic heterocycles. The summed E-state index contributed by atoms with van der Waals surface area (Å²) >= 11 is 0. The van der Waals surface area contributed by atoms with Crippen LogP contribution in [0.3, 0.4) is 0 Å². The van der Waals surface area contributed by atoms with Crippen molar-refractivity contribution < 1.29 is 9.47 Å². The van der Waals surface area contributed by atoms with Gasteiger partial charge in [-0.15, -0.1) is 0 Å². The molecule has 0 bridgehead atoms. The minimum atomic E-state index is -0.204. The Labute approximate surface area is 114 Å². The maximum atomic E-state index is 7.49. The third kappa shape index (κ3) is 2.66. The van der Waals surface area contributed by atoms with Crippen molar-refractivity contribution >= 4 is 17.6 Å². The van der Waals surface area contributed by atoms with E-state index in [9.17, 15) is 0 Å². The molecule has 2 aromatic rings. The number of ether oxygens (including phenoxy) is 2. The van der Waals surface area contributed by atoms with Crippen LogP contribution in [0, 0.1) is 5.41 Å². The summed E-state index contributed by atoms with van der Waals surface area (Å²) in [6.07, 6.45) is 2.69. The topological polar surface area (TPSA) is 159 Å². The zero-order valence-corrected chi connectivity index (χ0v) is 10.6. The molecule has 20 heavy (non-hydrogen) atoms. The first-order valence-corrected chi connectivity index (χ1v) is 5.45. The van der Waals surface area contributed by atoms with Gasteiger partial charge in [-0.3, -0.25) is 5.41 Å². The SMILES string of the molecule is COc1cc(Oc2cnc(N)nc2N)c(C(=N)N)cn1. The van der Waals surface area contributed by atoms with Crippen LogP contribution in [0.15, 0.2) is 18.5 Å². The van der Waals surface area contributed by atoms with Crippen LogP contribution in [0.2, 0.25) is 0 Å². The van der Waals surface area contributed by atoms with Crippen LogP contribution in [0.25, 0.3) is 0 Å². The van der Waals surface area contributed by atoms with Gasteiger partial charge in [0.1, 0.15) is 11.6 Å². The molecule has 2 heterocycles. The molecule has 0 aromatic carbocycles. The first kappa shape index (κ1) is 13.3. The number of hydrogen-bond acceptors (Lipinski definition) is 8. The molecule has 0 saturated carbocycles. The lowest BCUT2D eigenvalue weighted by atomic mass is 10.2. The van der Waals surface area contributed by atoms with E-state index >= 15 is 0 Å². The Balaban J connectivity index is 2.43. The summed E-state index contributed by atoms with van der Waals surface area (Å²) in [7, 11) is 1.46. The molecular formula is C11H13N7O2. The van der Waals surface area contributed by atoms with Crippen molar-refractivity contribution in [2.45, 2.75) is 0 Å². The van der Waals surface area contributed by atoms with Crippen molar-refractivity contribution in [3.05, 3.63) is 24.0 Å². The van der Waals surface area contributed by atoms with Crippen LogP contribution in [-0.4, -0.2) is 27.9 Å². The zero-order valence-electron chi connectivity index (χ0n) is 10.6. The van der Waals surface area contributed by atoms with E-state index < -0.39 is 0 Å². The highest BCUT2D eigenvalue weighted by Crippen LogP contribution is 2.30. The number of pyridine rings is 1. The van der Waals surface area contributed by atoms with Gasteiger partial charge in [-0.25, -0.2) is 9.97 Å². The molecule has 0 aliphatic rings. The lowest BCUT2D eigenvalue weighted by molar-refractivity contribution is 0.392. The number of nitrogens with zero attached hydrogens (tertiary/aromatic N) is 3. The molecule has 0 spiro atoms. The summed E-state index contributed by atoms with van der Waals surface area (Å²) in [5.74, 6) is 0.654. The van der Waals surface area contributed by atoms with E-state index in [-0.39, 0.29) is 29.1 Å². The van der Waals surface area contributed by atoms with E-state index in [0.717, 1.165) is 0 Å². The zero-order chi connectivity index (χ0) is 14.7. The average Bonchev–Trinajstić information content (AvgIpc) is 2.41. The van der Waals surface area contributed by atoms with Crippen molar-refractivity contribution in [2.24, 2.45) is 5.73 Å². The van der Waals surface area contributed by atoms with E-state index in [4.69, 9.17) is 32.1 Å². The number of methoxy groups -OCH3 is 1. The Kier molecular flexibility index (Phi) is 3.51. The lowest BCUT2D eigenvalue weighted by Crippen LogP contribution is -2.13. The van der Waals surface area contributed by atoms with Crippen LogP contribution in [0.1, 0.15) is 5.56 Å². The van der Waals surface area contributed by atoms with E-state index in [2.05, 4.69) is 15.0 Å². The normalized spacial score (nSPS) is 10.1. The van der Waals surface area contributed by atoms with Crippen LogP contribution < -0.4 is 26.7 Å². The van der Waals surface area contributed by atoms with Crippen LogP contribution in [0.5, 0.6) is 17.4 Å². The monoisotopic (exact) mass is 275 g/mol. The smallest absolute Gasteiger partial charge is 0.222 e. The number of amidine groups is 1. The number of nitrogens with one attached hydrogen (secondary N) is 1. The van der Waals surface area contributed by atoms with Gasteiger partial charge in [0.15, 0.2) is 11.6 Å². The van der Waals surface area contributed by atoms with Crippen molar-refractivity contribution in [3.63, 3.8) is 0 Å². The summed E-state index contributed by atoms with van der Waals surface area (Å²) in [5.41, 5.74) is 16.8. The number of nitrogens with two attached hydrogens (primary N) is 3. The van der Waals surface area contributed by atoms with E-state index in [0.29, 0.717) is 11.4 Å². The van der Waals surface area contributed by atoms with Gasteiger partial charge in [-0.1, -0.05) is 0 Å². The largest absolute Gasteiger partial charge is 0.481 e. The molecule has 2 rings (SSSR count). The predicted molar refractivity (Wildman–Crippen MR) is 72.7 cm³/mol. The number of anilines is 2. The predicted octanol–water partition coefficient (Wildman–Crippen LogP) is 0.121. The van der Waals surface area contributed by atoms with Gasteiger partial charge in [0.25, 0.3) is 0 Å². The minimum absolute atomic E-state index is 0.0361. The van der Waals surface area contributed by atoms with Crippen molar-refractivity contribution in [1.29, 1.82) is 5.41 Å². The van der Waals surface area contributed by atoms with Crippen molar-refractivity contribution in [1.82, 2.24) is 15.0 Å². The molecule has 7 N–H and O–H groups in total. The molecule has 0 atom stereocenters. The first-order chi connectivity index (χ1) is 9.51. The minimum Gasteiger partial charge on any atom is -0.481 e. The molecule has 0 fully saturated rings. The van der Waals surface area contributed by atoms with Gasteiger partial charge in [0.05, 0.1) is 18.9 Å². The summed E-state index contributed by atoms with van der Waals surface area (Å²) in [6, 6.07) is 1.48. The highest BCUT2D eigenvalue weighted by atomic mass is 16.5. The molecular weight excluding hydrogens is 262 g/mol. The molecule has 0 radical (unpaired) electrons. The number of aromatic nitrogens is 3. The Morgan fingerprint density at radius 3 is 2.55 bits per heavy atom. The van der Waals surface area contributed by atoms with Crippen LogP contribution in [0.4, 0.5) is 11.8 Å². The number of rotatable bonds is 4. The Bertz CT molecular complexity index is 659. The van der Waals surface area contributed by atoms with Crippen LogP contribution in [-0.2, 0) is 0 Å². The molecule has 0 amide bonds. The second kappa shape index (κ2) is 5.26. The molecule has 0 saturated heterocycles. The molecule has 0 aliphatic carbocycles. The summed E-state index contributed by atoms with van der Waals surface area (Å²) in [5, 5.41) is 7.49. The van der Waals surface area contributed by atoms with Gasteiger partial charge in [-0.2, -0.15) is 4.98 Å². The van der Waals surface area contributed by atoms with E-state index in [1.54, 1.807) is 0 Å². The van der Waals surface area contributed by atoms with Gasteiger partial charge in [0.2, 0.25) is 11.8 Å². The quantitative estimate of drug-likeness (QED) is 0.452. The fourth-order valence-electron chi connectivity index (χ4n) is 1.41. The Hall–Kier alpha value is -3.10. The summed E-state index contributed by atoms with van der Waals surface area (Å²) in [6.45, 7) is 0. The molecule has 9 heteroatoms. The third-order valence-corrected chi connectivity index (χ3v) is 2.36. The molecule has 2 aromatic heterocycles. The summed E-state index contributed by atoms with van der Waals surface area (Å²) < 4.78 is 10.5. The van der Waals surface area contributed by atoms with Crippen LogP contribution >= 0.6 is 0 Å². The highest BCUT2D eigenvalue weighted by molar-refractivity contribution is 5.97. The van der Waals surface area contributed by atoms with Crippen molar-refractivity contribution in [3.8, 4) is 17.4 Å². The van der Waals surface area contributed by atoms with Gasteiger partial charge in [0, 0.05) is 12.3 Å². The fraction of sp³-hybridized carbons (Fsp3) is 0.0909. The second-order valence-corrected chi connectivity index (χ2v) is 3.72. The lowest BCUT2D eigenvalue weighted by Gasteiger charge is -2.12. The number of nitrogen functional groups attached to an aromatic ring is 3.